The number of rotatable bonds is 3. The monoisotopic (exact) mass is 285 g/mol. The second-order valence-electron chi connectivity index (χ2n) is 6.24. The molecular formula is C14H27N3O3. The lowest BCUT2D eigenvalue weighted by atomic mass is 9.85. The van der Waals surface area contributed by atoms with Gasteiger partial charge in [0.2, 0.25) is 5.91 Å². The molecule has 2 N–H and O–H groups in total. The van der Waals surface area contributed by atoms with Crippen molar-refractivity contribution < 1.29 is 14.3 Å². The Morgan fingerprint density at radius 3 is 2.10 bits per heavy atom. The molecule has 116 valence electrons. The fourth-order valence-electron chi connectivity index (χ4n) is 1.98. The van der Waals surface area contributed by atoms with Gasteiger partial charge in [-0.05, 0) is 12.3 Å². The zero-order valence-electron chi connectivity index (χ0n) is 13.0. The summed E-state index contributed by atoms with van der Waals surface area (Å²) < 4.78 is 4.95. The molecule has 1 rings (SSSR count). The van der Waals surface area contributed by atoms with Crippen LogP contribution >= 0.6 is 0 Å². The van der Waals surface area contributed by atoms with Gasteiger partial charge in [0.1, 0.15) is 0 Å². The van der Waals surface area contributed by atoms with Gasteiger partial charge < -0.3 is 20.3 Å². The normalized spacial score (nSPS) is 17.9. The molecule has 1 saturated heterocycles. The molecule has 1 heterocycles. The van der Waals surface area contributed by atoms with Crippen LogP contribution in [0, 0.1) is 5.41 Å². The van der Waals surface area contributed by atoms with E-state index in [4.69, 9.17) is 10.5 Å². The van der Waals surface area contributed by atoms with E-state index >= 15 is 0 Å². The fourth-order valence-corrected chi connectivity index (χ4v) is 1.98. The molecule has 1 aliphatic rings. The van der Waals surface area contributed by atoms with E-state index in [2.05, 4.69) is 0 Å². The molecule has 0 spiro atoms. The molecule has 6 heteroatoms. The molecule has 0 saturated carbocycles. The Bertz CT molecular complexity index is 344. The van der Waals surface area contributed by atoms with Crippen LogP contribution in [0.3, 0.4) is 0 Å². The Labute approximate surface area is 121 Å². The largest absolute Gasteiger partial charge is 0.450 e. The Morgan fingerprint density at radius 1 is 1.15 bits per heavy atom. The van der Waals surface area contributed by atoms with Gasteiger partial charge in [0.15, 0.2) is 0 Å². The fraction of sp³-hybridized carbons (Fsp3) is 0.857. The van der Waals surface area contributed by atoms with Gasteiger partial charge in [-0.25, -0.2) is 4.79 Å². The minimum absolute atomic E-state index is 0.0657. The van der Waals surface area contributed by atoms with E-state index in [1.54, 1.807) is 16.7 Å². The molecule has 1 aliphatic heterocycles. The molecule has 1 fully saturated rings. The Kier molecular flexibility index (Phi) is 5.80. The second-order valence-corrected chi connectivity index (χ2v) is 6.24. The van der Waals surface area contributed by atoms with E-state index in [0.29, 0.717) is 39.2 Å². The van der Waals surface area contributed by atoms with Gasteiger partial charge in [-0.3, -0.25) is 4.79 Å². The number of piperazine rings is 1. The van der Waals surface area contributed by atoms with Crippen molar-refractivity contribution in [1.82, 2.24) is 9.80 Å². The van der Waals surface area contributed by atoms with E-state index in [1.807, 2.05) is 20.8 Å². The predicted molar refractivity (Wildman–Crippen MR) is 77.2 cm³/mol. The summed E-state index contributed by atoms with van der Waals surface area (Å²) in [6, 6.07) is -0.155. The van der Waals surface area contributed by atoms with E-state index in [9.17, 15) is 9.59 Å². The molecule has 2 amide bonds. The quantitative estimate of drug-likeness (QED) is 0.841. The molecule has 20 heavy (non-hydrogen) atoms. The Morgan fingerprint density at radius 2 is 1.65 bits per heavy atom. The second kappa shape index (κ2) is 6.92. The zero-order valence-corrected chi connectivity index (χ0v) is 13.0. The van der Waals surface area contributed by atoms with Crippen LogP contribution in [-0.2, 0) is 9.53 Å². The summed E-state index contributed by atoms with van der Waals surface area (Å²) in [4.78, 5) is 27.1. The van der Waals surface area contributed by atoms with Crippen molar-refractivity contribution in [3.63, 3.8) is 0 Å². The van der Waals surface area contributed by atoms with Crippen molar-refractivity contribution in [3.05, 3.63) is 0 Å². The van der Waals surface area contributed by atoms with Crippen LogP contribution in [-0.4, -0.2) is 60.6 Å². The summed E-state index contributed by atoms with van der Waals surface area (Å²) in [6.45, 7) is 10.4. The van der Waals surface area contributed by atoms with Crippen LogP contribution in [0.25, 0.3) is 0 Å². The SMILES string of the molecule is CCOC(=O)N1CCN(C(=O)CC(N)C(C)(C)C)CC1. The molecule has 0 aromatic heterocycles. The molecule has 0 bridgehead atoms. The van der Waals surface area contributed by atoms with E-state index < -0.39 is 0 Å². The predicted octanol–water partition coefficient (Wildman–Crippen LogP) is 1.05. The van der Waals surface area contributed by atoms with Gasteiger partial charge >= 0.3 is 6.09 Å². The number of nitrogens with zero attached hydrogens (tertiary/aromatic N) is 2. The first-order chi connectivity index (χ1) is 9.25. The third-order valence-corrected chi connectivity index (χ3v) is 3.67. The zero-order chi connectivity index (χ0) is 15.3. The summed E-state index contributed by atoms with van der Waals surface area (Å²) >= 11 is 0. The van der Waals surface area contributed by atoms with Gasteiger partial charge in [0.05, 0.1) is 6.61 Å². The summed E-state index contributed by atoms with van der Waals surface area (Å²) in [5.41, 5.74) is 5.96. The van der Waals surface area contributed by atoms with Crippen molar-refractivity contribution in [2.75, 3.05) is 32.8 Å². The average Bonchev–Trinajstić information content (AvgIpc) is 2.38. The van der Waals surface area contributed by atoms with Crippen LogP contribution in [0.15, 0.2) is 0 Å². The maximum absolute atomic E-state index is 12.2. The van der Waals surface area contributed by atoms with Crippen molar-refractivity contribution in [2.24, 2.45) is 11.1 Å². The molecule has 0 aromatic rings. The standard InChI is InChI=1S/C14H27N3O3/c1-5-20-13(19)17-8-6-16(7-9-17)12(18)10-11(15)14(2,3)4/h11H,5-10,15H2,1-4H3. The molecular weight excluding hydrogens is 258 g/mol. The molecule has 1 atom stereocenters. The molecule has 0 radical (unpaired) electrons. The number of amides is 2. The average molecular weight is 285 g/mol. The first-order valence-corrected chi connectivity index (χ1v) is 7.20. The van der Waals surface area contributed by atoms with Crippen LogP contribution in [0.1, 0.15) is 34.1 Å². The number of nitrogens with two attached hydrogens (primary N) is 1. The summed E-state index contributed by atoms with van der Waals surface area (Å²) in [5.74, 6) is 0.0657. The van der Waals surface area contributed by atoms with Crippen LogP contribution < -0.4 is 5.73 Å². The topological polar surface area (TPSA) is 75.9 Å². The van der Waals surface area contributed by atoms with E-state index in [-0.39, 0.29) is 23.5 Å². The number of hydrogen-bond acceptors (Lipinski definition) is 4. The van der Waals surface area contributed by atoms with Crippen molar-refractivity contribution in [1.29, 1.82) is 0 Å². The van der Waals surface area contributed by atoms with Crippen LogP contribution in [0.2, 0.25) is 0 Å². The van der Waals surface area contributed by atoms with Crippen LogP contribution in [0.4, 0.5) is 4.79 Å². The minimum Gasteiger partial charge on any atom is -0.450 e. The van der Waals surface area contributed by atoms with Gasteiger partial charge in [-0.2, -0.15) is 0 Å². The minimum atomic E-state index is -0.300. The van der Waals surface area contributed by atoms with E-state index in [0.717, 1.165) is 0 Å². The molecule has 0 aromatic carbocycles. The van der Waals surface area contributed by atoms with Crippen molar-refractivity contribution in [3.8, 4) is 0 Å². The summed E-state index contributed by atoms with van der Waals surface area (Å²) in [5, 5.41) is 0. The van der Waals surface area contributed by atoms with Gasteiger partial charge in [-0.15, -0.1) is 0 Å². The third kappa shape index (κ3) is 4.67. The highest BCUT2D eigenvalue weighted by atomic mass is 16.6. The highest BCUT2D eigenvalue weighted by molar-refractivity contribution is 5.77. The first kappa shape index (κ1) is 16.8. The molecule has 0 aliphatic carbocycles. The van der Waals surface area contributed by atoms with Gasteiger partial charge in [0, 0.05) is 38.6 Å². The lowest BCUT2D eigenvalue weighted by Crippen LogP contribution is -2.52. The molecule has 1 unspecified atom stereocenters. The Hall–Kier alpha value is -1.30. The number of carbonyl (C=O) groups excluding carboxylic acids is 2. The number of carbonyl (C=O) groups is 2. The maximum atomic E-state index is 12.2. The van der Waals surface area contributed by atoms with Gasteiger partial charge in [-0.1, -0.05) is 20.8 Å². The maximum Gasteiger partial charge on any atom is 0.409 e. The van der Waals surface area contributed by atoms with Crippen molar-refractivity contribution >= 4 is 12.0 Å². The van der Waals surface area contributed by atoms with Gasteiger partial charge in [0.25, 0.3) is 0 Å². The van der Waals surface area contributed by atoms with Crippen LogP contribution in [0.5, 0.6) is 0 Å². The molecule has 6 nitrogen and oxygen atoms in total. The lowest BCUT2D eigenvalue weighted by molar-refractivity contribution is -0.133. The van der Waals surface area contributed by atoms with E-state index in [1.165, 1.54) is 0 Å². The van der Waals surface area contributed by atoms with Crippen molar-refractivity contribution in [2.45, 2.75) is 40.2 Å². The summed E-state index contributed by atoms with van der Waals surface area (Å²) in [6.07, 6.45) is 0.0501. The summed E-state index contributed by atoms with van der Waals surface area (Å²) in [7, 11) is 0. The number of hydrogen-bond donors (Lipinski definition) is 1. The Balaban J connectivity index is 2.41. The lowest BCUT2D eigenvalue weighted by Gasteiger charge is -2.35. The highest BCUT2D eigenvalue weighted by Crippen LogP contribution is 2.20. The highest BCUT2D eigenvalue weighted by Gasteiger charge is 2.28. The smallest absolute Gasteiger partial charge is 0.409 e. The number of ether oxygens (including phenoxy) is 1. The first-order valence-electron chi connectivity index (χ1n) is 7.20. The third-order valence-electron chi connectivity index (χ3n) is 3.67.